The fraction of sp³-hybridized carbons (Fsp3) is 0.550. The van der Waals surface area contributed by atoms with Gasteiger partial charge in [-0.15, -0.1) is 0 Å². The number of fused-ring (bicyclic) bond motifs is 1. The number of rotatable bonds is 6. The highest BCUT2D eigenvalue weighted by Crippen LogP contribution is 2.39. The summed E-state index contributed by atoms with van der Waals surface area (Å²) in [6.45, 7) is 1.40. The molecule has 1 amide bonds. The van der Waals surface area contributed by atoms with Gasteiger partial charge in [-0.25, -0.2) is 15.0 Å². The molecule has 3 aliphatic rings. The molecule has 2 aliphatic heterocycles. The first-order valence-corrected chi connectivity index (χ1v) is 12.3. The number of aliphatic hydroxyl groups excluding tert-OH is 1. The summed E-state index contributed by atoms with van der Waals surface area (Å²) in [7, 11) is -1.17. The Morgan fingerprint density at radius 3 is 2.72 bits per heavy atom. The Morgan fingerprint density at radius 1 is 1.28 bits per heavy atom. The number of amides is 1. The first kappa shape index (κ1) is 21.5. The molecule has 12 heteroatoms. The highest BCUT2D eigenvalue weighted by Gasteiger charge is 2.40. The maximum atomic E-state index is 12.7. The van der Waals surface area contributed by atoms with Crippen molar-refractivity contribution in [3.8, 4) is 0 Å². The first-order chi connectivity index (χ1) is 15.5. The maximum absolute atomic E-state index is 12.7. The van der Waals surface area contributed by atoms with Crippen LogP contribution in [0.25, 0.3) is 0 Å². The van der Waals surface area contributed by atoms with Crippen molar-refractivity contribution in [1.82, 2.24) is 24.8 Å². The van der Waals surface area contributed by atoms with Gasteiger partial charge in [0.1, 0.15) is 16.8 Å². The molecule has 4 heterocycles. The van der Waals surface area contributed by atoms with E-state index in [-0.39, 0.29) is 12.6 Å². The molecule has 5 rings (SSSR count). The van der Waals surface area contributed by atoms with Crippen molar-refractivity contribution in [2.24, 2.45) is 0 Å². The minimum Gasteiger partial charge on any atom is -0.394 e. The van der Waals surface area contributed by atoms with Gasteiger partial charge in [-0.1, -0.05) is 11.6 Å². The second-order valence-corrected chi connectivity index (χ2v) is 10.4. The molecule has 2 aromatic rings. The number of carbonyl (C=O) groups excluding carboxylic acids is 1. The van der Waals surface area contributed by atoms with Crippen LogP contribution >= 0.6 is 11.6 Å². The second kappa shape index (κ2) is 8.53. The molecule has 2 unspecified atom stereocenters. The largest absolute Gasteiger partial charge is 0.394 e. The maximum Gasteiger partial charge on any atom is 0.228 e. The number of anilines is 2. The van der Waals surface area contributed by atoms with Crippen molar-refractivity contribution in [2.75, 3.05) is 42.2 Å². The van der Waals surface area contributed by atoms with E-state index in [1.807, 2.05) is 4.90 Å². The van der Waals surface area contributed by atoms with E-state index in [1.54, 1.807) is 4.90 Å². The third kappa shape index (κ3) is 3.82. The number of nitrogens with one attached hydrogen (secondary N) is 1. The lowest BCUT2D eigenvalue weighted by Crippen LogP contribution is -2.50. The lowest BCUT2D eigenvalue weighted by molar-refractivity contribution is -0.118. The Balaban J connectivity index is 1.55. The Hall–Kier alpha value is -2.37. The zero-order valence-corrected chi connectivity index (χ0v) is 19.0. The van der Waals surface area contributed by atoms with Gasteiger partial charge in [0.15, 0.2) is 5.82 Å². The fourth-order valence-electron chi connectivity index (χ4n) is 4.43. The molecule has 170 valence electrons. The lowest BCUT2D eigenvalue weighted by Gasteiger charge is -2.42. The van der Waals surface area contributed by atoms with Crippen molar-refractivity contribution in [3.63, 3.8) is 0 Å². The van der Waals surface area contributed by atoms with Crippen molar-refractivity contribution in [1.29, 1.82) is 0 Å². The molecule has 1 saturated carbocycles. The van der Waals surface area contributed by atoms with E-state index < -0.39 is 16.3 Å². The number of hydrogen-bond acceptors (Lipinski definition) is 9. The fourth-order valence-corrected chi connectivity index (χ4v) is 5.83. The molecule has 0 radical (unpaired) electrons. The Kier molecular flexibility index (Phi) is 5.72. The van der Waals surface area contributed by atoms with Crippen molar-refractivity contribution >= 4 is 40.6 Å². The van der Waals surface area contributed by atoms with Crippen LogP contribution in [0.3, 0.4) is 0 Å². The average molecular weight is 478 g/mol. The van der Waals surface area contributed by atoms with Crippen molar-refractivity contribution in [3.05, 3.63) is 28.9 Å². The van der Waals surface area contributed by atoms with Gasteiger partial charge in [0.05, 0.1) is 33.7 Å². The monoisotopic (exact) mass is 477 g/mol. The van der Waals surface area contributed by atoms with Gasteiger partial charge in [-0.05, 0) is 19.3 Å². The molecule has 2 N–H and O–H groups in total. The Bertz CT molecular complexity index is 1040. The quantitative estimate of drug-likeness (QED) is 0.584. The SMILES string of the molecule is O=CN1CCN(c2nc3c(c(NC4(CO)CCC4)n2)S(=O)CC3)C(c2ncc(Cl)cn2)C1. The number of piperazine rings is 1. The van der Waals surface area contributed by atoms with E-state index >= 15 is 0 Å². The second-order valence-electron chi connectivity index (χ2n) is 8.43. The third-order valence-corrected chi connectivity index (χ3v) is 8.08. The Labute approximate surface area is 192 Å². The molecule has 2 fully saturated rings. The van der Waals surface area contributed by atoms with Crippen LogP contribution in [-0.2, 0) is 22.0 Å². The average Bonchev–Trinajstić information content (AvgIpc) is 3.17. The third-order valence-electron chi connectivity index (χ3n) is 6.43. The molecule has 32 heavy (non-hydrogen) atoms. The van der Waals surface area contributed by atoms with Crippen molar-refractivity contribution in [2.45, 2.75) is 42.2 Å². The first-order valence-electron chi connectivity index (χ1n) is 10.6. The van der Waals surface area contributed by atoms with E-state index in [2.05, 4.69) is 15.3 Å². The zero-order chi connectivity index (χ0) is 22.3. The summed E-state index contributed by atoms with van der Waals surface area (Å²) in [4.78, 5) is 34.0. The number of nitrogens with zero attached hydrogens (tertiary/aromatic N) is 6. The van der Waals surface area contributed by atoms with Crippen LogP contribution in [0.2, 0.25) is 5.02 Å². The highest BCUT2D eigenvalue weighted by molar-refractivity contribution is 7.85. The Morgan fingerprint density at radius 2 is 2.06 bits per heavy atom. The molecular weight excluding hydrogens is 454 g/mol. The predicted molar refractivity (Wildman–Crippen MR) is 119 cm³/mol. The van der Waals surface area contributed by atoms with Crippen LogP contribution in [0.5, 0.6) is 0 Å². The van der Waals surface area contributed by atoms with Gasteiger partial charge in [-0.2, -0.15) is 4.98 Å². The topological polar surface area (TPSA) is 124 Å². The molecule has 2 aromatic heterocycles. The van der Waals surface area contributed by atoms with Gasteiger partial charge in [0, 0.05) is 44.2 Å². The predicted octanol–water partition coefficient (Wildman–Crippen LogP) is 0.930. The van der Waals surface area contributed by atoms with E-state index in [1.165, 1.54) is 12.4 Å². The molecule has 1 saturated heterocycles. The number of aromatic nitrogens is 4. The number of halogens is 1. The summed E-state index contributed by atoms with van der Waals surface area (Å²) in [6.07, 6.45) is 7.19. The van der Waals surface area contributed by atoms with Crippen LogP contribution in [0.1, 0.15) is 36.8 Å². The van der Waals surface area contributed by atoms with Gasteiger partial charge < -0.3 is 20.2 Å². The molecule has 10 nitrogen and oxygen atoms in total. The van der Waals surface area contributed by atoms with Gasteiger partial charge in [0.25, 0.3) is 0 Å². The van der Waals surface area contributed by atoms with Gasteiger partial charge >= 0.3 is 0 Å². The van der Waals surface area contributed by atoms with E-state index in [0.29, 0.717) is 59.3 Å². The smallest absolute Gasteiger partial charge is 0.228 e. The molecular formula is C20H24ClN7O3S. The summed E-state index contributed by atoms with van der Waals surface area (Å²) in [5.41, 5.74) is 0.331. The molecule has 0 spiro atoms. The van der Waals surface area contributed by atoms with Crippen LogP contribution in [0.4, 0.5) is 11.8 Å². The number of aliphatic hydroxyl groups is 1. The number of hydrogen-bond donors (Lipinski definition) is 2. The number of aryl methyl sites for hydroxylation is 1. The number of carbonyl (C=O) groups is 1. The van der Waals surface area contributed by atoms with Gasteiger partial charge in [-0.3, -0.25) is 9.00 Å². The standard InChI is InChI=1S/C20H24ClN7O3S/c21-13-8-22-17(23-9-13)15-10-27(12-30)5-6-28(15)19-24-14-2-7-32(31)16(14)18(25-19)26-20(11-29)3-1-4-20/h8-9,12,15,29H,1-7,10-11H2,(H,24,25,26). The van der Waals surface area contributed by atoms with Gasteiger partial charge in [0.2, 0.25) is 12.4 Å². The summed E-state index contributed by atoms with van der Waals surface area (Å²) in [6, 6.07) is -0.348. The summed E-state index contributed by atoms with van der Waals surface area (Å²) in [5, 5.41) is 13.8. The normalized spacial score (nSPS) is 24.1. The van der Waals surface area contributed by atoms with Crippen LogP contribution in [-0.4, -0.2) is 78.1 Å². The molecule has 1 aliphatic carbocycles. The lowest BCUT2D eigenvalue weighted by atomic mass is 9.77. The molecule has 2 atom stereocenters. The van der Waals surface area contributed by atoms with E-state index in [0.717, 1.165) is 31.4 Å². The minimum atomic E-state index is -1.17. The molecule has 0 aromatic carbocycles. The molecule has 0 bridgehead atoms. The van der Waals surface area contributed by atoms with Crippen LogP contribution < -0.4 is 10.2 Å². The minimum absolute atomic E-state index is 0.00695. The van der Waals surface area contributed by atoms with Crippen LogP contribution in [0.15, 0.2) is 17.3 Å². The summed E-state index contributed by atoms with van der Waals surface area (Å²) < 4.78 is 12.7. The highest BCUT2D eigenvalue weighted by atomic mass is 35.5. The van der Waals surface area contributed by atoms with E-state index in [4.69, 9.17) is 21.6 Å². The summed E-state index contributed by atoms with van der Waals surface area (Å²) in [5.74, 6) is 2.04. The summed E-state index contributed by atoms with van der Waals surface area (Å²) >= 11 is 5.97. The van der Waals surface area contributed by atoms with E-state index in [9.17, 15) is 14.1 Å². The van der Waals surface area contributed by atoms with Crippen LogP contribution in [0, 0.1) is 0 Å². The zero-order valence-electron chi connectivity index (χ0n) is 17.4. The van der Waals surface area contributed by atoms with Crippen molar-refractivity contribution < 1.29 is 14.1 Å².